The zero-order valence-corrected chi connectivity index (χ0v) is 22.6. The lowest BCUT2D eigenvalue weighted by Gasteiger charge is -2.35. The number of Topliss-reactive ketones (excluding diaryl/α,β-unsaturated/α-hetero) is 1. The van der Waals surface area contributed by atoms with E-state index in [2.05, 4.69) is 27.6 Å². The number of likely N-dealkylation sites (tertiary alicyclic amines) is 1. The molecule has 1 aromatic heterocycles. The number of rotatable bonds is 9. The molecule has 2 heterocycles. The summed E-state index contributed by atoms with van der Waals surface area (Å²) in [4.78, 5) is 40.8. The van der Waals surface area contributed by atoms with Crippen LogP contribution in [0.25, 0.3) is 0 Å². The molecular formula is C28H31ClN4O3S. The number of amides is 2. The number of nitrogens with one attached hydrogen (secondary N) is 1. The van der Waals surface area contributed by atoms with E-state index in [1.165, 1.54) is 16.9 Å². The van der Waals surface area contributed by atoms with Gasteiger partial charge in [0.2, 0.25) is 5.91 Å². The van der Waals surface area contributed by atoms with Crippen LogP contribution in [-0.2, 0) is 22.4 Å². The van der Waals surface area contributed by atoms with Gasteiger partial charge in [-0.15, -0.1) is 21.5 Å². The first-order chi connectivity index (χ1) is 17.8. The topological polar surface area (TPSA) is 92.3 Å². The van der Waals surface area contributed by atoms with Crippen LogP contribution in [0.1, 0.15) is 59.1 Å². The molecule has 3 aromatic rings. The molecule has 2 aromatic carbocycles. The van der Waals surface area contributed by atoms with Crippen molar-refractivity contribution in [3.63, 3.8) is 0 Å². The molecule has 194 valence electrons. The van der Waals surface area contributed by atoms with Crippen molar-refractivity contribution < 1.29 is 14.4 Å². The maximum Gasteiger partial charge on any atom is 0.251 e. The zero-order chi connectivity index (χ0) is 26.4. The first kappa shape index (κ1) is 26.9. The highest BCUT2D eigenvalue weighted by Gasteiger charge is 2.31. The number of carbonyl (C=O) groups excluding carboxylic acids is 3. The van der Waals surface area contributed by atoms with Gasteiger partial charge in [0.05, 0.1) is 6.42 Å². The van der Waals surface area contributed by atoms with E-state index in [9.17, 15) is 14.4 Å². The van der Waals surface area contributed by atoms with Crippen molar-refractivity contribution in [2.75, 3.05) is 13.1 Å². The molecule has 1 aliphatic heterocycles. The molecule has 4 rings (SSSR count). The van der Waals surface area contributed by atoms with Crippen LogP contribution in [-0.4, -0.2) is 51.8 Å². The van der Waals surface area contributed by atoms with Crippen molar-refractivity contribution in [2.45, 2.75) is 51.5 Å². The molecule has 1 atom stereocenters. The van der Waals surface area contributed by atoms with Gasteiger partial charge in [-0.1, -0.05) is 49.7 Å². The average Bonchev–Trinajstić information content (AvgIpc) is 3.40. The van der Waals surface area contributed by atoms with E-state index in [1.54, 1.807) is 23.7 Å². The first-order valence-corrected chi connectivity index (χ1v) is 13.8. The van der Waals surface area contributed by atoms with Crippen LogP contribution >= 0.6 is 22.9 Å². The number of benzene rings is 2. The molecule has 9 heteroatoms. The van der Waals surface area contributed by atoms with Gasteiger partial charge in [-0.05, 0) is 60.1 Å². The fraction of sp³-hybridized carbons (Fsp3) is 0.393. The summed E-state index contributed by atoms with van der Waals surface area (Å²) < 4.78 is 0. The van der Waals surface area contributed by atoms with Crippen molar-refractivity contribution >= 4 is 40.5 Å². The van der Waals surface area contributed by atoms with Crippen molar-refractivity contribution in [1.29, 1.82) is 0 Å². The van der Waals surface area contributed by atoms with Gasteiger partial charge < -0.3 is 10.2 Å². The van der Waals surface area contributed by atoms with E-state index in [0.29, 0.717) is 29.6 Å². The highest BCUT2D eigenvalue weighted by atomic mass is 35.5. The van der Waals surface area contributed by atoms with Crippen LogP contribution in [0.4, 0.5) is 0 Å². The molecule has 37 heavy (non-hydrogen) atoms. The number of carbonyl (C=O) groups is 3. The Morgan fingerprint density at radius 3 is 2.46 bits per heavy atom. The third-order valence-electron chi connectivity index (χ3n) is 6.71. The predicted molar refractivity (Wildman–Crippen MR) is 145 cm³/mol. The fourth-order valence-corrected chi connectivity index (χ4v) is 5.34. The number of aromatic nitrogens is 2. The van der Waals surface area contributed by atoms with Crippen molar-refractivity contribution in [2.24, 2.45) is 5.92 Å². The summed E-state index contributed by atoms with van der Waals surface area (Å²) in [7, 11) is 0. The van der Waals surface area contributed by atoms with Gasteiger partial charge in [-0.3, -0.25) is 14.4 Å². The second-order valence-electron chi connectivity index (χ2n) is 9.77. The maximum absolute atomic E-state index is 13.4. The van der Waals surface area contributed by atoms with Crippen LogP contribution in [0.2, 0.25) is 5.02 Å². The summed E-state index contributed by atoms with van der Waals surface area (Å²) in [6, 6.07) is 14.3. The van der Waals surface area contributed by atoms with Crippen LogP contribution in [0.5, 0.6) is 0 Å². The molecule has 1 N–H and O–H groups in total. The van der Waals surface area contributed by atoms with E-state index < -0.39 is 6.04 Å². The third kappa shape index (κ3) is 7.23. The average molecular weight is 539 g/mol. The second-order valence-corrected chi connectivity index (χ2v) is 11.1. The van der Waals surface area contributed by atoms with Crippen LogP contribution in [0, 0.1) is 5.92 Å². The van der Waals surface area contributed by atoms with Crippen LogP contribution < -0.4 is 5.32 Å². The lowest BCUT2D eigenvalue weighted by atomic mass is 9.89. The Kier molecular flexibility index (Phi) is 9.05. The van der Waals surface area contributed by atoms with Gasteiger partial charge in [-0.2, -0.15) is 0 Å². The molecule has 0 bridgehead atoms. The van der Waals surface area contributed by atoms with Gasteiger partial charge in [0.15, 0.2) is 0 Å². The standard InChI is InChI=1S/C28H31ClN4O3S/c1-18(2)26(28(36)33-12-10-21(11-13-33)20-6-8-23(29)9-7-20)31-27(35)22-5-3-4-19(14-22)15-24(34)16-25-32-30-17-37-25/h3-9,14,17-18,21,26H,10-13,15-16H2,1-2H3,(H,31,35)/t26-/m1/s1. The number of halogens is 1. The molecule has 0 spiro atoms. The Bertz CT molecular complexity index is 1220. The largest absolute Gasteiger partial charge is 0.341 e. The number of hydrogen-bond donors (Lipinski definition) is 1. The lowest BCUT2D eigenvalue weighted by Crippen LogP contribution is -2.52. The van der Waals surface area contributed by atoms with Gasteiger partial charge in [0.25, 0.3) is 5.91 Å². The van der Waals surface area contributed by atoms with Gasteiger partial charge in [0.1, 0.15) is 22.3 Å². The van der Waals surface area contributed by atoms with Gasteiger partial charge in [0, 0.05) is 30.1 Å². The van der Waals surface area contributed by atoms with E-state index in [0.717, 1.165) is 23.4 Å². The molecule has 0 radical (unpaired) electrons. The fourth-order valence-electron chi connectivity index (χ4n) is 4.66. The van der Waals surface area contributed by atoms with Crippen molar-refractivity contribution in [3.05, 3.63) is 80.8 Å². The minimum absolute atomic E-state index is 0.00606. The van der Waals surface area contributed by atoms with Crippen LogP contribution in [0.3, 0.4) is 0 Å². The summed E-state index contributed by atoms with van der Waals surface area (Å²) in [5.41, 5.74) is 4.02. The second kappa shape index (κ2) is 12.4. The highest BCUT2D eigenvalue weighted by Crippen LogP contribution is 2.29. The normalized spacial score (nSPS) is 15.0. The van der Waals surface area contributed by atoms with Crippen molar-refractivity contribution in [3.8, 4) is 0 Å². The molecule has 1 fully saturated rings. The molecule has 0 saturated carbocycles. The maximum atomic E-state index is 13.4. The number of hydrogen-bond acceptors (Lipinski definition) is 6. The quantitative estimate of drug-likeness (QED) is 0.426. The molecule has 1 saturated heterocycles. The highest BCUT2D eigenvalue weighted by molar-refractivity contribution is 7.09. The third-order valence-corrected chi connectivity index (χ3v) is 7.66. The summed E-state index contributed by atoms with van der Waals surface area (Å²) in [6.45, 7) is 5.17. The van der Waals surface area contributed by atoms with Crippen LogP contribution in [0.15, 0.2) is 54.0 Å². The monoisotopic (exact) mass is 538 g/mol. The van der Waals surface area contributed by atoms with Gasteiger partial charge >= 0.3 is 0 Å². The molecular weight excluding hydrogens is 508 g/mol. The summed E-state index contributed by atoms with van der Waals surface area (Å²) in [6.07, 6.45) is 2.17. The Morgan fingerprint density at radius 1 is 1.08 bits per heavy atom. The Morgan fingerprint density at radius 2 is 1.81 bits per heavy atom. The summed E-state index contributed by atoms with van der Waals surface area (Å²) in [5, 5.41) is 12.0. The predicted octanol–water partition coefficient (Wildman–Crippen LogP) is 4.71. The Labute approximate surface area is 226 Å². The molecule has 2 amide bonds. The Hall–Kier alpha value is -3.10. The molecule has 7 nitrogen and oxygen atoms in total. The lowest BCUT2D eigenvalue weighted by molar-refractivity contribution is -0.135. The molecule has 0 unspecified atom stereocenters. The van der Waals surface area contributed by atoms with Gasteiger partial charge in [-0.25, -0.2) is 0 Å². The number of ketones is 1. The molecule has 1 aliphatic rings. The summed E-state index contributed by atoms with van der Waals surface area (Å²) >= 11 is 7.36. The van der Waals surface area contributed by atoms with E-state index in [-0.39, 0.29) is 36.4 Å². The van der Waals surface area contributed by atoms with Crippen molar-refractivity contribution in [1.82, 2.24) is 20.4 Å². The minimum Gasteiger partial charge on any atom is -0.341 e. The van der Waals surface area contributed by atoms with E-state index in [4.69, 9.17) is 11.6 Å². The van der Waals surface area contributed by atoms with E-state index >= 15 is 0 Å². The van der Waals surface area contributed by atoms with E-state index in [1.807, 2.05) is 36.9 Å². The molecule has 0 aliphatic carbocycles. The first-order valence-electron chi connectivity index (χ1n) is 12.5. The Balaban J connectivity index is 1.35. The zero-order valence-electron chi connectivity index (χ0n) is 21.0. The number of nitrogens with zero attached hydrogens (tertiary/aromatic N) is 3. The smallest absolute Gasteiger partial charge is 0.251 e. The number of piperidine rings is 1. The SMILES string of the molecule is CC(C)[C@@H](NC(=O)c1cccc(CC(=O)Cc2nncs2)c1)C(=O)N1CCC(c2ccc(Cl)cc2)CC1. The summed E-state index contributed by atoms with van der Waals surface area (Å²) in [5.74, 6) is -0.0396. The minimum atomic E-state index is -0.623.